The van der Waals surface area contributed by atoms with Crippen molar-refractivity contribution >= 4 is 13.6 Å². The third kappa shape index (κ3) is 3.36. The fraction of sp³-hybridized carbons (Fsp3) is 0.250. The number of nitrogens with one attached hydrogen (secondary N) is 2. The second-order valence-electron chi connectivity index (χ2n) is 4.39. The van der Waals surface area contributed by atoms with Crippen LogP contribution >= 0.6 is 7.75 Å². The van der Waals surface area contributed by atoms with E-state index >= 15 is 0 Å². The van der Waals surface area contributed by atoms with Gasteiger partial charge in [-0.1, -0.05) is 0 Å². The van der Waals surface area contributed by atoms with Crippen molar-refractivity contribution in [1.29, 1.82) is 0 Å². The molecule has 1 saturated heterocycles. The van der Waals surface area contributed by atoms with Gasteiger partial charge in [-0.05, 0) is 23.8 Å². The zero-order valence-corrected chi connectivity index (χ0v) is 11.8. The highest BCUT2D eigenvalue weighted by atomic mass is 31.2. The highest BCUT2D eigenvalue weighted by Crippen LogP contribution is 2.55. The second-order valence-corrected chi connectivity index (χ2v) is 6.07. The number of H-pyrrole nitrogens is 1. The van der Waals surface area contributed by atoms with E-state index in [4.69, 9.17) is 9.05 Å². The maximum Gasteiger partial charge on any atom is 0.434 e. The van der Waals surface area contributed by atoms with Crippen molar-refractivity contribution in [3.63, 3.8) is 0 Å². The van der Waals surface area contributed by atoms with Gasteiger partial charge < -0.3 is 4.98 Å². The number of nitrogens with zero attached hydrogens (tertiary/aromatic N) is 2. The van der Waals surface area contributed by atoms with E-state index < -0.39 is 13.4 Å². The van der Waals surface area contributed by atoms with Gasteiger partial charge >= 0.3 is 13.4 Å². The fourth-order valence-corrected chi connectivity index (χ4v) is 3.46. The van der Waals surface area contributed by atoms with E-state index in [2.05, 4.69) is 20.0 Å². The van der Waals surface area contributed by atoms with Gasteiger partial charge in [-0.3, -0.25) is 19.1 Å². The molecule has 1 fully saturated rings. The minimum Gasteiger partial charge on any atom is -0.313 e. The van der Waals surface area contributed by atoms with Crippen LogP contribution in [0.25, 0.3) is 0 Å². The molecule has 2 atom stereocenters. The molecule has 2 aromatic heterocycles. The van der Waals surface area contributed by atoms with E-state index in [-0.39, 0.29) is 18.5 Å². The molecule has 110 valence electrons. The van der Waals surface area contributed by atoms with Gasteiger partial charge in [0, 0.05) is 25.0 Å². The molecule has 3 heterocycles. The summed E-state index contributed by atoms with van der Waals surface area (Å²) in [6.45, 7) is 0.278. The van der Waals surface area contributed by atoms with Crippen LogP contribution in [0.15, 0.2) is 41.6 Å². The first-order chi connectivity index (χ1) is 10.1. The molecule has 9 heteroatoms. The maximum absolute atomic E-state index is 12.6. The number of anilines is 1. The van der Waals surface area contributed by atoms with Crippen molar-refractivity contribution in [3.8, 4) is 0 Å². The Morgan fingerprint density at radius 3 is 2.90 bits per heavy atom. The second kappa shape index (κ2) is 5.77. The fourth-order valence-electron chi connectivity index (χ4n) is 1.97. The summed E-state index contributed by atoms with van der Waals surface area (Å²) >= 11 is 0. The van der Waals surface area contributed by atoms with Crippen LogP contribution in [0.2, 0.25) is 0 Å². The maximum atomic E-state index is 12.6. The summed E-state index contributed by atoms with van der Waals surface area (Å²) < 4.78 is 23.3. The molecule has 2 aromatic rings. The van der Waals surface area contributed by atoms with Gasteiger partial charge in [-0.25, -0.2) is 9.36 Å². The molecule has 1 aliphatic heterocycles. The third-order valence-electron chi connectivity index (χ3n) is 2.91. The first-order valence-corrected chi connectivity index (χ1v) is 7.86. The summed E-state index contributed by atoms with van der Waals surface area (Å²) in [5.74, 6) is 0.137. The molecule has 21 heavy (non-hydrogen) atoms. The molecule has 2 N–H and O–H groups in total. The highest BCUT2D eigenvalue weighted by Gasteiger charge is 2.35. The van der Waals surface area contributed by atoms with Crippen LogP contribution in [0.5, 0.6) is 0 Å². The molecule has 0 spiro atoms. The van der Waals surface area contributed by atoms with E-state index in [1.807, 2.05) is 0 Å². The zero-order valence-electron chi connectivity index (χ0n) is 10.9. The van der Waals surface area contributed by atoms with E-state index in [1.165, 1.54) is 12.3 Å². The standard InChI is InChI=1S/C12H13N4O4P/c17-12-14-7-3-11(15-12)16-21(18)19-8-4-10(20-21)9-1-5-13-6-2-9/h1-3,5-7,10H,4,8H2,(H2,14,15,16,17,18). The number of hydrogen-bond donors (Lipinski definition) is 2. The Kier molecular flexibility index (Phi) is 3.83. The normalized spacial score (nSPS) is 25.4. The Bertz CT molecular complexity index is 720. The number of aromatic amines is 1. The Balaban J connectivity index is 1.78. The van der Waals surface area contributed by atoms with Gasteiger partial charge in [-0.15, -0.1) is 0 Å². The topological polar surface area (TPSA) is 106 Å². The van der Waals surface area contributed by atoms with E-state index in [0.29, 0.717) is 6.42 Å². The van der Waals surface area contributed by atoms with Gasteiger partial charge in [-0.2, -0.15) is 4.98 Å². The molecule has 8 nitrogen and oxygen atoms in total. The third-order valence-corrected chi connectivity index (χ3v) is 4.46. The lowest BCUT2D eigenvalue weighted by Gasteiger charge is -2.29. The number of hydrogen-bond acceptors (Lipinski definition) is 6. The van der Waals surface area contributed by atoms with Crippen molar-refractivity contribution in [1.82, 2.24) is 15.0 Å². The van der Waals surface area contributed by atoms with E-state index in [1.54, 1.807) is 24.5 Å². The first kappa shape index (κ1) is 13.9. The number of aromatic nitrogens is 3. The molecule has 0 saturated carbocycles. The SMILES string of the molecule is O=c1nc(NP2(=O)OCCC(c3ccncc3)O2)cc[nH]1. The van der Waals surface area contributed by atoms with Gasteiger partial charge in [0.1, 0.15) is 5.82 Å². The molecular weight excluding hydrogens is 295 g/mol. The first-order valence-electron chi connectivity index (χ1n) is 6.32. The molecule has 0 radical (unpaired) electrons. The predicted molar refractivity (Wildman–Crippen MR) is 74.7 cm³/mol. The Hall–Kier alpha value is -2.02. The summed E-state index contributed by atoms with van der Waals surface area (Å²) in [5, 5.41) is 2.56. The molecule has 0 amide bonds. The molecule has 2 unspecified atom stereocenters. The Morgan fingerprint density at radius 1 is 1.33 bits per heavy atom. The van der Waals surface area contributed by atoms with Crippen molar-refractivity contribution < 1.29 is 13.6 Å². The Morgan fingerprint density at radius 2 is 2.14 bits per heavy atom. The smallest absolute Gasteiger partial charge is 0.313 e. The van der Waals surface area contributed by atoms with Crippen molar-refractivity contribution in [2.45, 2.75) is 12.5 Å². The monoisotopic (exact) mass is 308 g/mol. The van der Waals surface area contributed by atoms with Crippen LogP contribution in [0, 0.1) is 0 Å². The Labute approximate surface area is 120 Å². The van der Waals surface area contributed by atoms with Crippen LogP contribution in [0.3, 0.4) is 0 Å². The predicted octanol–water partition coefficient (Wildman–Crippen LogP) is 1.86. The van der Waals surface area contributed by atoms with Crippen LogP contribution < -0.4 is 10.8 Å². The lowest BCUT2D eigenvalue weighted by Crippen LogP contribution is -2.19. The minimum absolute atomic E-state index is 0.137. The average Bonchev–Trinajstić information content (AvgIpc) is 2.48. The van der Waals surface area contributed by atoms with Crippen molar-refractivity contribution in [2.24, 2.45) is 0 Å². The molecule has 1 aliphatic rings. The molecular formula is C12H13N4O4P. The van der Waals surface area contributed by atoms with Crippen LogP contribution in [0.1, 0.15) is 18.1 Å². The lowest BCUT2D eigenvalue weighted by molar-refractivity contribution is 0.0842. The van der Waals surface area contributed by atoms with Crippen molar-refractivity contribution in [2.75, 3.05) is 11.7 Å². The summed E-state index contributed by atoms with van der Waals surface area (Å²) in [4.78, 5) is 21.1. The summed E-state index contributed by atoms with van der Waals surface area (Å²) in [6, 6.07) is 5.07. The highest BCUT2D eigenvalue weighted by molar-refractivity contribution is 7.55. The van der Waals surface area contributed by atoms with Gasteiger partial charge in [0.25, 0.3) is 0 Å². The summed E-state index contributed by atoms with van der Waals surface area (Å²) in [7, 11) is -3.56. The molecule has 0 bridgehead atoms. The molecule has 0 aromatic carbocycles. The lowest BCUT2D eigenvalue weighted by atomic mass is 10.1. The van der Waals surface area contributed by atoms with Gasteiger partial charge in [0.2, 0.25) is 0 Å². The van der Waals surface area contributed by atoms with Gasteiger partial charge in [0.05, 0.1) is 12.7 Å². The summed E-state index contributed by atoms with van der Waals surface area (Å²) in [6.07, 6.45) is 4.91. The quantitative estimate of drug-likeness (QED) is 0.833. The average molecular weight is 308 g/mol. The molecule has 0 aliphatic carbocycles. The zero-order chi connectivity index (χ0) is 14.7. The van der Waals surface area contributed by atoms with Crippen LogP contribution in [-0.4, -0.2) is 21.6 Å². The largest absolute Gasteiger partial charge is 0.434 e. The summed E-state index contributed by atoms with van der Waals surface area (Å²) in [5.41, 5.74) is 0.323. The van der Waals surface area contributed by atoms with Gasteiger partial charge in [0.15, 0.2) is 0 Å². The molecule has 3 rings (SSSR count). The minimum atomic E-state index is -3.56. The van der Waals surface area contributed by atoms with Crippen LogP contribution in [-0.2, 0) is 13.6 Å². The number of rotatable bonds is 3. The number of pyridine rings is 1. The van der Waals surface area contributed by atoms with Crippen molar-refractivity contribution in [3.05, 3.63) is 52.8 Å². The van der Waals surface area contributed by atoms with E-state index in [9.17, 15) is 9.36 Å². The van der Waals surface area contributed by atoms with Crippen LogP contribution in [0.4, 0.5) is 5.82 Å². The van der Waals surface area contributed by atoms with E-state index in [0.717, 1.165) is 5.56 Å².